The Labute approximate surface area is 279 Å². The number of halogens is 1. The lowest BCUT2D eigenvalue weighted by Crippen LogP contribution is -2.49. The van der Waals surface area contributed by atoms with Crippen LogP contribution in [-0.2, 0) is 0 Å². The van der Waals surface area contributed by atoms with E-state index in [-0.39, 0.29) is 17.9 Å². The number of imidazole rings is 1. The maximum Gasteiger partial charge on any atom is 0.274 e. The van der Waals surface area contributed by atoms with Gasteiger partial charge in [-0.3, -0.25) is 23.9 Å². The normalized spacial score (nSPS) is 17.9. The van der Waals surface area contributed by atoms with E-state index in [1.807, 2.05) is 75.1 Å². The molecule has 1 atom stereocenters. The van der Waals surface area contributed by atoms with Crippen LogP contribution in [-0.4, -0.2) is 101 Å². The number of aliphatic imine (C=N–C) groups is 1. The van der Waals surface area contributed by atoms with Crippen LogP contribution in [0.3, 0.4) is 0 Å². The third-order valence-electron chi connectivity index (χ3n) is 9.35. The molecule has 2 amide bonds. The van der Waals surface area contributed by atoms with Crippen molar-refractivity contribution in [1.29, 1.82) is 0 Å². The second-order valence-electron chi connectivity index (χ2n) is 12.3. The van der Waals surface area contributed by atoms with Crippen LogP contribution in [0.5, 0.6) is 11.5 Å². The van der Waals surface area contributed by atoms with Gasteiger partial charge >= 0.3 is 0 Å². The van der Waals surface area contributed by atoms with Crippen molar-refractivity contribution in [3.63, 3.8) is 0 Å². The van der Waals surface area contributed by atoms with Gasteiger partial charge in [0.05, 0.1) is 36.5 Å². The van der Waals surface area contributed by atoms with Crippen molar-refractivity contribution in [3.05, 3.63) is 77.1 Å². The molecule has 4 aromatic rings. The number of amides is 2. The van der Waals surface area contributed by atoms with Crippen LogP contribution in [0.15, 0.2) is 65.8 Å². The van der Waals surface area contributed by atoms with Crippen molar-refractivity contribution in [3.8, 4) is 22.9 Å². The molecule has 3 aliphatic rings. The molecule has 0 aliphatic carbocycles. The Hall–Kier alpha value is -4.41. The van der Waals surface area contributed by atoms with Crippen molar-refractivity contribution < 1.29 is 19.1 Å². The molecule has 3 aliphatic heterocycles. The van der Waals surface area contributed by atoms with Crippen molar-refractivity contribution in [1.82, 2.24) is 24.1 Å². The lowest BCUT2D eigenvalue weighted by Gasteiger charge is -2.34. The van der Waals surface area contributed by atoms with Gasteiger partial charge in [0.2, 0.25) is 0 Å². The quantitative estimate of drug-likeness (QED) is 0.195. The van der Waals surface area contributed by atoms with Gasteiger partial charge in [-0.05, 0) is 81.1 Å². The number of nitrogens with zero attached hydrogens (tertiary/aromatic N) is 6. The minimum atomic E-state index is -0.0330. The van der Waals surface area contributed by atoms with Crippen molar-refractivity contribution in [2.45, 2.75) is 38.1 Å². The molecule has 11 heteroatoms. The SMILES string of the molecule is COc1cc2c(cc1OCCCCCN1CCN(C(=O)c3nc(-c4ccc(Cl)cc4)n4ccccc34)CC1)N=C[C@@H]1CCCN1C2=O. The molecule has 0 bridgehead atoms. The largest absolute Gasteiger partial charge is 0.493 e. The number of rotatable bonds is 10. The fourth-order valence-corrected chi connectivity index (χ4v) is 6.86. The second-order valence-corrected chi connectivity index (χ2v) is 12.7. The first-order valence-corrected chi connectivity index (χ1v) is 16.8. The zero-order valence-corrected chi connectivity index (χ0v) is 27.4. The summed E-state index contributed by atoms with van der Waals surface area (Å²) in [5, 5.41) is 0.661. The lowest BCUT2D eigenvalue weighted by molar-refractivity contribution is 0.0631. The monoisotopic (exact) mass is 654 g/mol. The molecule has 5 heterocycles. The Morgan fingerprint density at radius 1 is 0.979 bits per heavy atom. The molecular weight excluding hydrogens is 616 g/mol. The molecule has 2 aromatic carbocycles. The molecule has 0 radical (unpaired) electrons. The minimum absolute atomic E-state index is 0.00785. The van der Waals surface area contributed by atoms with E-state index in [9.17, 15) is 9.59 Å². The smallest absolute Gasteiger partial charge is 0.274 e. The average Bonchev–Trinajstić information content (AvgIpc) is 3.71. The Balaban J connectivity index is 0.881. The number of benzene rings is 2. The molecule has 2 aromatic heterocycles. The molecule has 0 unspecified atom stereocenters. The van der Waals surface area contributed by atoms with Gasteiger partial charge in [-0.2, -0.15) is 0 Å². The summed E-state index contributed by atoms with van der Waals surface area (Å²) in [5.74, 6) is 1.88. The third kappa shape index (κ3) is 6.44. The van der Waals surface area contributed by atoms with Gasteiger partial charge in [-0.1, -0.05) is 17.7 Å². The van der Waals surface area contributed by atoms with E-state index in [2.05, 4.69) is 9.89 Å². The van der Waals surface area contributed by atoms with Crippen LogP contribution in [0, 0.1) is 0 Å². The highest BCUT2D eigenvalue weighted by atomic mass is 35.5. The lowest BCUT2D eigenvalue weighted by atomic mass is 10.1. The summed E-state index contributed by atoms with van der Waals surface area (Å²) >= 11 is 6.10. The average molecular weight is 655 g/mol. The van der Waals surface area contributed by atoms with Crippen LogP contribution in [0.1, 0.15) is 53.0 Å². The molecule has 7 rings (SSSR count). The zero-order chi connectivity index (χ0) is 32.3. The Bertz CT molecular complexity index is 1800. The highest BCUT2D eigenvalue weighted by molar-refractivity contribution is 6.30. The van der Waals surface area contributed by atoms with Gasteiger partial charge in [0, 0.05) is 61.8 Å². The fraction of sp³-hybridized carbons (Fsp3) is 0.389. The van der Waals surface area contributed by atoms with E-state index >= 15 is 0 Å². The topological polar surface area (TPSA) is 92.0 Å². The second kappa shape index (κ2) is 13.8. The van der Waals surface area contributed by atoms with Crippen molar-refractivity contribution in [2.75, 3.05) is 53.0 Å². The maximum absolute atomic E-state index is 13.6. The first-order chi connectivity index (χ1) is 23.0. The van der Waals surface area contributed by atoms with Gasteiger partial charge in [-0.15, -0.1) is 0 Å². The summed E-state index contributed by atoms with van der Waals surface area (Å²) < 4.78 is 13.7. The summed E-state index contributed by atoms with van der Waals surface area (Å²) in [6.07, 6.45) is 8.76. The van der Waals surface area contributed by atoms with Crippen LogP contribution in [0.2, 0.25) is 5.02 Å². The third-order valence-corrected chi connectivity index (χ3v) is 9.60. The summed E-state index contributed by atoms with van der Waals surface area (Å²) in [7, 11) is 1.60. The molecule has 244 valence electrons. The standard InChI is InChI=1S/C36H39ClN6O4/c1-46-31-22-28-29(38-24-27-8-7-16-42(27)35(28)44)23-32(31)47-21-6-2-4-14-40-17-19-41(20-18-40)36(45)33-30-9-3-5-15-43(30)34(39-33)25-10-12-26(37)13-11-25/h3,5,9-13,15,22-24,27H,2,4,6-8,14,16-21H2,1H3/t27-/m0/s1. The van der Waals surface area contributed by atoms with E-state index in [1.165, 1.54) is 0 Å². The van der Waals surface area contributed by atoms with Crippen LogP contribution in [0.4, 0.5) is 5.69 Å². The number of unbranched alkanes of at least 4 members (excludes halogenated alkanes) is 2. The molecule has 0 N–H and O–H groups in total. The molecule has 2 saturated heterocycles. The number of carbonyl (C=O) groups is 2. The predicted molar refractivity (Wildman–Crippen MR) is 183 cm³/mol. The summed E-state index contributed by atoms with van der Waals surface area (Å²) in [6, 6.07) is 17.0. The van der Waals surface area contributed by atoms with Gasteiger partial charge in [0.1, 0.15) is 5.82 Å². The number of methoxy groups -OCH3 is 1. The van der Waals surface area contributed by atoms with Gasteiger partial charge in [0.25, 0.3) is 11.8 Å². The van der Waals surface area contributed by atoms with Crippen LogP contribution < -0.4 is 9.47 Å². The number of fused-ring (bicyclic) bond motifs is 3. The number of carbonyl (C=O) groups excluding carboxylic acids is 2. The van der Waals surface area contributed by atoms with E-state index in [0.717, 1.165) is 75.2 Å². The summed E-state index contributed by atoms with van der Waals surface area (Å²) in [6.45, 7) is 5.31. The summed E-state index contributed by atoms with van der Waals surface area (Å²) in [5.41, 5.74) is 3.40. The molecule has 0 spiro atoms. The molecular formula is C36H39ClN6O4. The Morgan fingerprint density at radius 3 is 2.62 bits per heavy atom. The number of ether oxygens (including phenoxy) is 2. The number of pyridine rings is 1. The molecule has 0 saturated carbocycles. The Kier molecular flexibility index (Phi) is 9.13. The van der Waals surface area contributed by atoms with E-state index < -0.39 is 0 Å². The van der Waals surface area contributed by atoms with Crippen LogP contribution >= 0.6 is 11.6 Å². The highest BCUT2D eigenvalue weighted by Crippen LogP contribution is 2.38. The molecule has 10 nitrogen and oxygen atoms in total. The molecule has 2 fully saturated rings. The zero-order valence-electron chi connectivity index (χ0n) is 26.6. The highest BCUT2D eigenvalue weighted by Gasteiger charge is 2.32. The summed E-state index contributed by atoms with van der Waals surface area (Å²) in [4.78, 5) is 42.4. The van der Waals surface area contributed by atoms with Gasteiger partial charge < -0.3 is 19.3 Å². The minimum Gasteiger partial charge on any atom is -0.493 e. The van der Waals surface area contributed by atoms with Gasteiger partial charge in [0.15, 0.2) is 17.2 Å². The van der Waals surface area contributed by atoms with Crippen molar-refractivity contribution in [2.24, 2.45) is 4.99 Å². The van der Waals surface area contributed by atoms with E-state index in [0.29, 0.717) is 53.2 Å². The first-order valence-electron chi connectivity index (χ1n) is 16.4. The molecule has 47 heavy (non-hydrogen) atoms. The number of aromatic nitrogens is 2. The van der Waals surface area contributed by atoms with E-state index in [1.54, 1.807) is 13.2 Å². The first kappa shape index (κ1) is 31.2. The van der Waals surface area contributed by atoms with Crippen molar-refractivity contribution >= 4 is 40.8 Å². The Morgan fingerprint density at radius 2 is 1.81 bits per heavy atom. The van der Waals surface area contributed by atoms with Gasteiger partial charge in [-0.25, -0.2) is 4.98 Å². The maximum atomic E-state index is 13.6. The number of piperazine rings is 1. The predicted octanol–water partition coefficient (Wildman–Crippen LogP) is 5.99. The van der Waals surface area contributed by atoms with Crippen LogP contribution in [0.25, 0.3) is 16.9 Å². The number of hydrogen-bond donors (Lipinski definition) is 0. The fourth-order valence-electron chi connectivity index (χ4n) is 6.74. The van der Waals surface area contributed by atoms with E-state index in [4.69, 9.17) is 26.1 Å². The number of hydrogen-bond acceptors (Lipinski definition) is 7.